The highest BCUT2D eigenvalue weighted by atomic mass is 16.5. The van der Waals surface area contributed by atoms with Gasteiger partial charge in [-0.05, 0) is 57.3 Å². The molecule has 1 spiro atoms. The molecule has 2 bridgehead atoms. The van der Waals surface area contributed by atoms with Gasteiger partial charge in [-0.1, -0.05) is 6.07 Å². The third-order valence-corrected chi connectivity index (χ3v) is 8.45. The third kappa shape index (κ3) is 2.67. The van der Waals surface area contributed by atoms with Gasteiger partial charge in [0.25, 0.3) is 0 Å². The Hall–Kier alpha value is -2.36. The summed E-state index contributed by atoms with van der Waals surface area (Å²) in [6.45, 7) is 0.862. The van der Waals surface area contributed by atoms with Crippen molar-refractivity contribution in [3.05, 3.63) is 23.3 Å². The van der Waals surface area contributed by atoms with Crippen molar-refractivity contribution >= 4 is 11.9 Å². The number of piperidine rings is 1. The number of carbonyl (C=O) groups is 2. The lowest BCUT2D eigenvalue weighted by atomic mass is 9.48. The molecular weight excluding hydrogens is 414 g/mol. The lowest BCUT2D eigenvalue weighted by Crippen LogP contribution is -2.78. The molecule has 2 unspecified atom stereocenters. The Kier molecular flexibility index (Phi) is 4.92. The van der Waals surface area contributed by atoms with Gasteiger partial charge in [0.15, 0.2) is 11.5 Å². The fourth-order valence-electron chi connectivity index (χ4n) is 7.13. The summed E-state index contributed by atoms with van der Waals surface area (Å²) >= 11 is 0. The van der Waals surface area contributed by atoms with Crippen LogP contribution in [0.2, 0.25) is 0 Å². The molecule has 32 heavy (non-hydrogen) atoms. The molecular formula is C23H31N3O6. The normalized spacial score (nSPS) is 35.6. The first-order chi connectivity index (χ1) is 15.2. The van der Waals surface area contributed by atoms with Gasteiger partial charge in [0.2, 0.25) is 5.91 Å². The van der Waals surface area contributed by atoms with Crippen molar-refractivity contribution in [2.24, 2.45) is 5.73 Å². The van der Waals surface area contributed by atoms with Gasteiger partial charge in [-0.25, -0.2) is 0 Å². The number of rotatable bonds is 7. The Balaban J connectivity index is 1.59. The summed E-state index contributed by atoms with van der Waals surface area (Å²) in [4.78, 5) is 25.5. The van der Waals surface area contributed by atoms with E-state index in [1.54, 1.807) is 13.2 Å². The Morgan fingerprint density at radius 2 is 2.19 bits per heavy atom. The van der Waals surface area contributed by atoms with Gasteiger partial charge in [0.05, 0.1) is 11.0 Å². The van der Waals surface area contributed by atoms with Crippen LogP contribution >= 0.6 is 0 Å². The van der Waals surface area contributed by atoms with Crippen molar-refractivity contribution in [3.63, 3.8) is 0 Å². The molecule has 4 aliphatic rings. The number of nitrogens with zero attached hydrogens (tertiary/aromatic N) is 1. The maximum Gasteiger partial charge on any atom is 0.320 e. The van der Waals surface area contributed by atoms with Crippen molar-refractivity contribution in [1.82, 2.24) is 10.2 Å². The number of hydrogen-bond donors (Lipinski definition) is 4. The molecule has 1 saturated carbocycles. The number of nitrogens with two attached hydrogens (primary N) is 1. The number of phenolic OH excluding ortho intramolecular Hbond substituents is 1. The number of aliphatic carboxylic acids is 1. The second kappa shape index (κ2) is 7.33. The summed E-state index contributed by atoms with van der Waals surface area (Å²) in [7, 11) is 3.89. The Bertz CT molecular complexity index is 969. The minimum Gasteiger partial charge on any atom is -0.504 e. The highest BCUT2D eigenvalue weighted by molar-refractivity contribution is 5.77. The molecule has 9 heteroatoms. The predicted octanol–water partition coefficient (Wildman–Crippen LogP) is 0.507. The van der Waals surface area contributed by atoms with Crippen molar-refractivity contribution in [3.8, 4) is 11.5 Å². The fraction of sp³-hybridized carbons (Fsp3) is 0.652. The number of likely N-dealkylation sites (tertiary alicyclic amines) is 1. The SMILES string of the molecule is CO[C@@]12CCC(N[C@@H](CCC(N)=O)C(=O)O)C3Oc4c(O)ccc5c4[C@@]31CCN(C)[C@@H]2C5. The zero-order chi connectivity index (χ0) is 22.8. The summed E-state index contributed by atoms with van der Waals surface area (Å²) in [5.41, 5.74) is 6.48. The standard InChI is InChI=1S/C23H31N3O6/c1-26-10-9-22-18-12-3-5-15(27)19(18)32-20(22)13(7-8-23(22,31-2)16(26)11-12)25-14(21(29)30)4-6-17(24)28/h3,5,13-14,16,20,25,27H,4,6-11H2,1-2H3,(H2,24,28)(H,29,30)/t13?,14-,16+,20?,22-,23+/m0/s1. The van der Waals surface area contributed by atoms with Gasteiger partial charge < -0.3 is 30.3 Å². The zero-order valence-electron chi connectivity index (χ0n) is 18.5. The highest BCUT2D eigenvalue weighted by Crippen LogP contribution is 2.66. The number of carboxylic acid groups (broad SMARTS) is 1. The number of hydrogen-bond acceptors (Lipinski definition) is 7. The number of benzene rings is 1. The number of aromatic hydroxyl groups is 1. The predicted molar refractivity (Wildman–Crippen MR) is 115 cm³/mol. The molecule has 174 valence electrons. The van der Waals surface area contributed by atoms with E-state index in [1.807, 2.05) is 6.07 Å². The number of amides is 1. The monoisotopic (exact) mass is 445 g/mol. The molecule has 5 rings (SSSR count). The van der Waals surface area contributed by atoms with Crippen LogP contribution in [0.1, 0.15) is 43.2 Å². The van der Waals surface area contributed by atoms with Crippen molar-refractivity contribution < 1.29 is 29.3 Å². The number of ether oxygens (including phenoxy) is 2. The number of carboxylic acids is 1. The van der Waals surface area contributed by atoms with Gasteiger partial charge in [-0.2, -0.15) is 0 Å². The molecule has 9 nitrogen and oxygen atoms in total. The minimum atomic E-state index is -1.02. The lowest BCUT2D eigenvalue weighted by molar-refractivity contribution is -0.204. The lowest BCUT2D eigenvalue weighted by Gasteiger charge is -2.65. The first-order valence-electron chi connectivity index (χ1n) is 11.3. The molecule has 1 saturated heterocycles. The van der Waals surface area contributed by atoms with Crippen LogP contribution in [-0.4, -0.2) is 77.5 Å². The van der Waals surface area contributed by atoms with E-state index in [0.29, 0.717) is 12.2 Å². The number of likely N-dealkylation sites (N-methyl/N-ethyl adjacent to an activating group) is 1. The Labute approximate surface area is 186 Å². The highest BCUT2D eigenvalue weighted by Gasteiger charge is 2.73. The maximum absolute atomic E-state index is 11.9. The van der Waals surface area contributed by atoms with E-state index in [4.69, 9.17) is 15.2 Å². The van der Waals surface area contributed by atoms with E-state index in [-0.39, 0.29) is 36.8 Å². The van der Waals surface area contributed by atoms with E-state index in [9.17, 15) is 19.8 Å². The molecule has 2 fully saturated rings. The molecule has 1 aromatic carbocycles. The largest absolute Gasteiger partial charge is 0.504 e. The van der Waals surface area contributed by atoms with Crippen LogP contribution in [0.15, 0.2) is 12.1 Å². The molecule has 1 amide bonds. The molecule has 6 atom stereocenters. The molecule has 2 aliphatic carbocycles. The summed E-state index contributed by atoms with van der Waals surface area (Å²) in [5, 5.41) is 23.7. The van der Waals surface area contributed by atoms with Gasteiger partial charge in [0, 0.05) is 31.2 Å². The molecule has 2 aliphatic heterocycles. The quantitative estimate of drug-likeness (QED) is 0.477. The van der Waals surface area contributed by atoms with E-state index >= 15 is 0 Å². The van der Waals surface area contributed by atoms with Crippen LogP contribution in [0.25, 0.3) is 0 Å². The van der Waals surface area contributed by atoms with E-state index in [0.717, 1.165) is 36.9 Å². The van der Waals surface area contributed by atoms with Crippen molar-refractivity contribution in [1.29, 1.82) is 0 Å². The fourth-order valence-corrected chi connectivity index (χ4v) is 7.13. The van der Waals surface area contributed by atoms with E-state index < -0.39 is 28.9 Å². The Morgan fingerprint density at radius 3 is 2.88 bits per heavy atom. The van der Waals surface area contributed by atoms with E-state index in [2.05, 4.69) is 17.3 Å². The number of nitrogens with one attached hydrogen (secondary N) is 1. The average Bonchev–Trinajstić information content (AvgIpc) is 3.11. The van der Waals surface area contributed by atoms with E-state index in [1.165, 1.54) is 0 Å². The average molecular weight is 446 g/mol. The second-order valence-electron chi connectivity index (χ2n) is 9.71. The van der Waals surface area contributed by atoms with Crippen LogP contribution in [0.5, 0.6) is 11.5 Å². The molecule has 5 N–H and O–H groups in total. The van der Waals surface area contributed by atoms with Crippen molar-refractivity contribution in [2.75, 3.05) is 20.7 Å². The molecule has 0 radical (unpaired) electrons. The number of phenols is 1. The molecule has 1 aromatic rings. The Morgan fingerprint density at radius 1 is 1.41 bits per heavy atom. The number of methoxy groups -OCH3 is 1. The zero-order valence-corrected chi connectivity index (χ0v) is 18.5. The van der Waals surface area contributed by atoms with Gasteiger partial charge in [-0.3, -0.25) is 14.9 Å². The smallest absolute Gasteiger partial charge is 0.320 e. The van der Waals surface area contributed by atoms with Crippen LogP contribution < -0.4 is 15.8 Å². The maximum atomic E-state index is 11.9. The van der Waals surface area contributed by atoms with Gasteiger partial charge >= 0.3 is 5.97 Å². The van der Waals surface area contributed by atoms with Crippen LogP contribution in [0, 0.1) is 0 Å². The van der Waals surface area contributed by atoms with Crippen LogP contribution in [-0.2, 0) is 26.2 Å². The van der Waals surface area contributed by atoms with Crippen LogP contribution in [0.3, 0.4) is 0 Å². The third-order valence-electron chi connectivity index (χ3n) is 8.45. The molecule has 2 heterocycles. The first kappa shape index (κ1) is 21.5. The summed E-state index contributed by atoms with van der Waals surface area (Å²) in [6, 6.07) is 2.66. The summed E-state index contributed by atoms with van der Waals surface area (Å²) < 4.78 is 12.9. The number of carbonyl (C=O) groups excluding carboxylic acids is 1. The van der Waals surface area contributed by atoms with Gasteiger partial charge in [0.1, 0.15) is 12.1 Å². The number of primary amides is 1. The topological polar surface area (TPSA) is 134 Å². The van der Waals surface area contributed by atoms with Gasteiger partial charge in [-0.15, -0.1) is 0 Å². The molecule has 0 aromatic heterocycles. The van der Waals surface area contributed by atoms with Crippen LogP contribution in [0.4, 0.5) is 0 Å². The summed E-state index contributed by atoms with van der Waals surface area (Å²) in [6.07, 6.45) is 2.74. The second-order valence-corrected chi connectivity index (χ2v) is 9.71. The van der Waals surface area contributed by atoms with Crippen molar-refractivity contribution in [2.45, 2.75) is 73.8 Å². The first-order valence-corrected chi connectivity index (χ1v) is 11.3. The minimum absolute atomic E-state index is 0.00655. The summed E-state index contributed by atoms with van der Waals surface area (Å²) in [5.74, 6) is -0.925.